The van der Waals surface area contributed by atoms with Crippen LogP contribution in [-0.2, 0) is 6.18 Å². The van der Waals surface area contributed by atoms with Crippen LogP contribution in [0.4, 0.5) is 13.2 Å². The van der Waals surface area contributed by atoms with Crippen molar-refractivity contribution in [3.05, 3.63) is 63.3 Å². The minimum atomic E-state index is -4.50. The summed E-state index contributed by atoms with van der Waals surface area (Å²) in [5, 5.41) is 0.523. The van der Waals surface area contributed by atoms with Crippen molar-refractivity contribution in [1.29, 1.82) is 0 Å². The van der Waals surface area contributed by atoms with Gasteiger partial charge in [-0.05, 0) is 30.3 Å². The predicted octanol–water partition coefficient (Wildman–Crippen LogP) is 5.14. The Kier molecular flexibility index (Phi) is 4.01. The molecule has 0 N–H and O–H groups in total. The van der Waals surface area contributed by atoms with E-state index in [-0.39, 0.29) is 38.5 Å². The lowest BCUT2D eigenvalue weighted by Crippen LogP contribution is -2.06. The number of benzene rings is 2. The summed E-state index contributed by atoms with van der Waals surface area (Å²) in [4.78, 5) is 12.2. The van der Waals surface area contributed by atoms with Crippen LogP contribution in [0.3, 0.4) is 0 Å². The zero-order valence-corrected chi connectivity index (χ0v) is 13.0. The summed E-state index contributed by atoms with van der Waals surface area (Å²) in [5.74, 6) is 0.0190. The van der Waals surface area contributed by atoms with Crippen LogP contribution in [0, 0.1) is 0 Å². The molecule has 0 bridgehead atoms. The first kappa shape index (κ1) is 16.4. The van der Waals surface area contributed by atoms with E-state index < -0.39 is 11.7 Å². The maximum atomic E-state index is 12.8. The maximum absolute atomic E-state index is 12.8. The molecule has 0 spiro atoms. The molecule has 0 saturated carbocycles. The number of fused-ring (bicyclic) bond motifs is 1. The van der Waals surface area contributed by atoms with Crippen molar-refractivity contribution >= 4 is 22.6 Å². The summed E-state index contributed by atoms with van der Waals surface area (Å²) in [5.41, 5.74) is -0.812. The van der Waals surface area contributed by atoms with Crippen LogP contribution >= 0.6 is 11.6 Å². The lowest BCUT2D eigenvalue weighted by atomic mass is 10.1. The van der Waals surface area contributed by atoms with Crippen molar-refractivity contribution < 1.29 is 22.3 Å². The van der Waals surface area contributed by atoms with E-state index in [2.05, 4.69) is 0 Å². The quantitative estimate of drug-likeness (QED) is 0.639. The minimum Gasteiger partial charge on any atom is -0.496 e. The van der Waals surface area contributed by atoms with Crippen LogP contribution < -0.4 is 10.2 Å². The lowest BCUT2D eigenvalue weighted by molar-refractivity contribution is -0.137. The van der Waals surface area contributed by atoms with Gasteiger partial charge in [0.2, 0.25) is 0 Å². The molecule has 3 rings (SSSR count). The zero-order chi connectivity index (χ0) is 17.5. The number of methoxy groups -OCH3 is 1. The molecule has 0 radical (unpaired) electrons. The minimum absolute atomic E-state index is 0.0561. The van der Waals surface area contributed by atoms with Gasteiger partial charge in [-0.15, -0.1) is 0 Å². The van der Waals surface area contributed by atoms with Crippen LogP contribution in [0.15, 0.2) is 51.7 Å². The van der Waals surface area contributed by atoms with Gasteiger partial charge in [-0.2, -0.15) is 13.2 Å². The average molecular weight is 355 g/mol. The molecule has 2 aromatic carbocycles. The average Bonchev–Trinajstić information content (AvgIpc) is 2.54. The highest BCUT2D eigenvalue weighted by atomic mass is 35.5. The monoisotopic (exact) mass is 354 g/mol. The molecular weight excluding hydrogens is 345 g/mol. The Bertz CT molecular complexity index is 977. The van der Waals surface area contributed by atoms with Gasteiger partial charge in [0.1, 0.15) is 11.5 Å². The van der Waals surface area contributed by atoms with Crippen molar-refractivity contribution in [3.8, 4) is 17.1 Å². The van der Waals surface area contributed by atoms with E-state index in [4.69, 9.17) is 20.8 Å². The molecule has 1 aromatic heterocycles. The van der Waals surface area contributed by atoms with E-state index in [0.717, 1.165) is 12.1 Å². The number of rotatable bonds is 2. The first-order chi connectivity index (χ1) is 11.3. The molecule has 0 saturated heterocycles. The third-order valence-electron chi connectivity index (χ3n) is 3.50. The molecular formula is C17H10ClF3O3. The third kappa shape index (κ3) is 2.85. The molecule has 0 aliphatic rings. The molecule has 0 aliphatic heterocycles. The molecule has 7 heteroatoms. The molecule has 124 valence electrons. The number of hydrogen-bond donors (Lipinski definition) is 0. The molecule has 24 heavy (non-hydrogen) atoms. The number of ether oxygens (including phenoxy) is 1. The molecule has 0 atom stereocenters. The van der Waals surface area contributed by atoms with Crippen molar-refractivity contribution in [2.24, 2.45) is 0 Å². The van der Waals surface area contributed by atoms with Gasteiger partial charge >= 0.3 is 6.18 Å². The highest BCUT2D eigenvalue weighted by Crippen LogP contribution is 2.37. The van der Waals surface area contributed by atoms with Crippen molar-refractivity contribution in [1.82, 2.24) is 0 Å². The molecule has 0 aliphatic carbocycles. The summed E-state index contributed by atoms with van der Waals surface area (Å²) >= 11 is 6.03. The van der Waals surface area contributed by atoms with Crippen LogP contribution in [0.25, 0.3) is 22.3 Å². The molecule has 0 fully saturated rings. The highest BCUT2D eigenvalue weighted by molar-refractivity contribution is 6.34. The maximum Gasteiger partial charge on any atom is 0.416 e. The van der Waals surface area contributed by atoms with Gasteiger partial charge in [0, 0.05) is 6.07 Å². The van der Waals surface area contributed by atoms with Crippen molar-refractivity contribution in [2.45, 2.75) is 6.18 Å². The number of alkyl halides is 3. The number of para-hydroxylation sites is 1. The van der Waals surface area contributed by atoms with Gasteiger partial charge in [-0.3, -0.25) is 4.79 Å². The molecule has 1 heterocycles. The number of halogens is 4. The second kappa shape index (κ2) is 5.87. The third-order valence-corrected chi connectivity index (χ3v) is 3.80. The summed E-state index contributed by atoms with van der Waals surface area (Å²) in [6, 6.07) is 8.87. The van der Waals surface area contributed by atoms with Gasteiger partial charge in [-0.25, -0.2) is 0 Å². The van der Waals surface area contributed by atoms with Crippen molar-refractivity contribution in [3.63, 3.8) is 0 Å². The standard InChI is InChI=1S/C17H10ClF3O3/c1-23-14-7-9(17(19,20)21)5-6-11(14)15-8-13(22)10-3-2-4-12(18)16(10)24-15/h2-8H,1H3. The van der Waals surface area contributed by atoms with Gasteiger partial charge in [0.25, 0.3) is 0 Å². The van der Waals surface area contributed by atoms with Gasteiger partial charge in [0.05, 0.1) is 28.6 Å². The van der Waals surface area contributed by atoms with E-state index in [1.165, 1.54) is 19.2 Å². The summed E-state index contributed by atoms with van der Waals surface area (Å²) in [7, 11) is 1.24. The molecule has 3 nitrogen and oxygen atoms in total. The summed E-state index contributed by atoms with van der Waals surface area (Å²) in [6.45, 7) is 0. The second-order valence-corrected chi connectivity index (χ2v) is 5.41. The SMILES string of the molecule is COc1cc(C(F)(F)F)ccc1-c1cc(=O)c2cccc(Cl)c2o1. The fourth-order valence-corrected chi connectivity index (χ4v) is 2.56. The summed E-state index contributed by atoms with van der Waals surface area (Å²) in [6.07, 6.45) is -4.50. The lowest BCUT2D eigenvalue weighted by Gasteiger charge is -2.12. The fraction of sp³-hybridized carbons (Fsp3) is 0.118. The second-order valence-electron chi connectivity index (χ2n) is 5.00. The van der Waals surface area contributed by atoms with Gasteiger partial charge < -0.3 is 9.15 Å². The van der Waals surface area contributed by atoms with E-state index in [1.54, 1.807) is 18.2 Å². The Morgan fingerprint density at radius 2 is 1.88 bits per heavy atom. The Labute approximate surface area is 139 Å². The van der Waals surface area contributed by atoms with E-state index >= 15 is 0 Å². The van der Waals surface area contributed by atoms with Crippen LogP contribution in [-0.4, -0.2) is 7.11 Å². The van der Waals surface area contributed by atoms with Crippen molar-refractivity contribution in [2.75, 3.05) is 7.11 Å². The molecule has 0 unspecified atom stereocenters. The first-order valence-electron chi connectivity index (χ1n) is 6.79. The summed E-state index contributed by atoms with van der Waals surface area (Å²) < 4.78 is 49.1. The number of hydrogen-bond acceptors (Lipinski definition) is 3. The molecule has 0 amide bonds. The molecule has 3 aromatic rings. The normalized spacial score (nSPS) is 11.7. The van der Waals surface area contributed by atoms with Gasteiger partial charge in [-0.1, -0.05) is 17.7 Å². The van der Waals surface area contributed by atoms with Crippen LogP contribution in [0.2, 0.25) is 5.02 Å². The van der Waals surface area contributed by atoms with E-state index in [9.17, 15) is 18.0 Å². The van der Waals surface area contributed by atoms with Crippen LogP contribution in [0.1, 0.15) is 5.56 Å². The topological polar surface area (TPSA) is 39.4 Å². The predicted molar refractivity (Wildman–Crippen MR) is 84.5 cm³/mol. The smallest absolute Gasteiger partial charge is 0.416 e. The van der Waals surface area contributed by atoms with E-state index in [1.807, 2.05) is 0 Å². The zero-order valence-electron chi connectivity index (χ0n) is 12.3. The Morgan fingerprint density at radius 1 is 1.12 bits per heavy atom. The Hall–Kier alpha value is -2.47. The Morgan fingerprint density at radius 3 is 2.54 bits per heavy atom. The van der Waals surface area contributed by atoms with Crippen LogP contribution in [0.5, 0.6) is 5.75 Å². The fourth-order valence-electron chi connectivity index (χ4n) is 2.35. The largest absolute Gasteiger partial charge is 0.496 e. The first-order valence-corrected chi connectivity index (χ1v) is 7.17. The van der Waals surface area contributed by atoms with E-state index in [0.29, 0.717) is 0 Å². The Balaban J connectivity index is 2.24. The van der Waals surface area contributed by atoms with Gasteiger partial charge in [0.15, 0.2) is 11.0 Å². The highest BCUT2D eigenvalue weighted by Gasteiger charge is 2.31.